The quantitative estimate of drug-likeness (QED) is 0.215. The number of nitrogens with zero attached hydrogens (tertiary/aromatic N) is 1. The normalized spacial score (nSPS) is 11.9. The summed E-state index contributed by atoms with van der Waals surface area (Å²) in [5.41, 5.74) is 5.96. The molecule has 0 aliphatic heterocycles. The van der Waals surface area contributed by atoms with Crippen molar-refractivity contribution in [1.82, 2.24) is 9.97 Å². The van der Waals surface area contributed by atoms with Gasteiger partial charge in [0.05, 0.1) is 35.9 Å². The number of carbonyl (C=O) groups is 3. The number of aromatic nitrogens is 2. The van der Waals surface area contributed by atoms with E-state index in [0.29, 0.717) is 33.8 Å². The van der Waals surface area contributed by atoms with Gasteiger partial charge in [-0.05, 0) is 78.9 Å². The van der Waals surface area contributed by atoms with Crippen molar-refractivity contribution < 1.29 is 28.6 Å². The van der Waals surface area contributed by atoms with E-state index in [-0.39, 0.29) is 12.2 Å². The molecule has 0 bridgehead atoms. The number of methoxy groups -OCH3 is 1. The molecule has 0 saturated heterocycles. The standard InChI is InChI=1S/C32H27N3O6S/c1-3-40-32(38)27-23-14-10-18-6-4-5-7-22(18)28(23)42-30(27)35-26(36)17-41-31(37)20-11-15-24-25(16-20)34-29(33-24)19-8-12-21(39-2)13-9-19/h4-9,11-13,15-16H,3,10,14,17H2,1-2H3,(H,33,34)(H,35,36). The van der Waals surface area contributed by atoms with Crippen LogP contribution in [-0.4, -0.2) is 48.1 Å². The Bertz CT molecular complexity index is 1820. The number of hydrogen-bond acceptors (Lipinski definition) is 8. The smallest absolute Gasteiger partial charge is 0.341 e. The van der Waals surface area contributed by atoms with Gasteiger partial charge in [0.2, 0.25) is 0 Å². The molecule has 2 aromatic heterocycles. The molecule has 212 valence electrons. The van der Waals surface area contributed by atoms with Crippen molar-refractivity contribution in [3.63, 3.8) is 0 Å². The molecule has 0 unspecified atom stereocenters. The second kappa shape index (κ2) is 11.5. The molecule has 1 amide bonds. The molecular weight excluding hydrogens is 554 g/mol. The van der Waals surface area contributed by atoms with Crippen LogP contribution < -0.4 is 10.1 Å². The fraction of sp³-hybridized carbons (Fsp3) is 0.188. The predicted octanol–water partition coefficient (Wildman–Crippen LogP) is 6.04. The number of thiophene rings is 1. The first-order chi connectivity index (χ1) is 20.4. The summed E-state index contributed by atoms with van der Waals surface area (Å²) in [5.74, 6) is -0.298. The third-order valence-electron chi connectivity index (χ3n) is 7.06. The zero-order valence-electron chi connectivity index (χ0n) is 23.0. The van der Waals surface area contributed by atoms with Crippen LogP contribution in [0.4, 0.5) is 5.00 Å². The number of rotatable bonds is 8. The van der Waals surface area contributed by atoms with Gasteiger partial charge in [0, 0.05) is 10.4 Å². The molecule has 0 fully saturated rings. The van der Waals surface area contributed by atoms with Gasteiger partial charge in [-0.15, -0.1) is 11.3 Å². The summed E-state index contributed by atoms with van der Waals surface area (Å²) in [5, 5.41) is 3.17. The van der Waals surface area contributed by atoms with E-state index in [9.17, 15) is 14.4 Å². The summed E-state index contributed by atoms with van der Waals surface area (Å²) >= 11 is 1.33. The summed E-state index contributed by atoms with van der Waals surface area (Å²) in [6, 6.07) is 20.5. The maximum Gasteiger partial charge on any atom is 0.341 e. The van der Waals surface area contributed by atoms with E-state index in [0.717, 1.165) is 33.7 Å². The van der Waals surface area contributed by atoms with Crippen molar-refractivity contribution in [3.05, 3.63) is 89.0 Å². The molecule has 5 aromatic rings. The number of H-pyrrole nitrogens is 1. The second-order valence-corrected chi connectivity index (χ2v) is 10.7. The maximum absolute atomic E-state index is 12.9. The number of nitrogens with one attached hydrogen (secondary N) is 2. The fourth-order valence-electron chi connectivity index (χ4n) is 5.05. The highest BCUT2D eigenvalue weighted by atomic mass is 32.1. The van der Waals surface area contributed by atoms with Gasteiger partial charge in [-0.3, -0.25) is 4.79 Å². The van der Waals surface area contributed by atoms with Crippen LogP contribution in [0.5, 0.6) is 5.75 Å². The lowest BCUT2D eigenvalue weighted by molar-refractivity contribution is -0.119. The van der Waals surface area contributed by atoms with Crippen LogP contribution in [-0.2, 0) is 27.1 Å². The Morgan fingerprint density at radius 2 is 1.79 bits per heavy atom. The first-order valence-electron chi connectivity index (χ1n) is 13.5. The molecule has 42 heavy (non-hydrogen) atoms. The number of fused-ring (bicyclic) bond motifs is 4. The SMILES string of the molecule is CCOC(=O)c1c(NC(=O)COC(=O)c2ccc3nc(-c4ccc(OC)cc4)[nH]c3c2)sc2c1CCc1ccccc1-2. The third-order valence-corrected chi connectivity index (χ3v) is 8.24. The number of anilines is 1. The van der Waals surface area contributed by atoms with Crippen molar-refractivity contribution in [3.8, 4) is 27.6 Å². The summed E-state index contributed by atoms with van der Waals surface area (Å²) in [4.78, 5) is 47.4. The van der Waals surface area contributed by atoms with Gasteiger partial charge in [-0.1, -0.05) is 24.3 Å². The van der Waals surface area contributed by atoms with Gasteiger partial charge in [-0.25, -0.2) is 14.6 Å². The second-order valence-electron chi connectivity index (χ2n) is 9.66. The van der Waals surface area contributed by atoms with Crippen LogP contribution in [0, 0.1) is 0 Å². The van der Waals surface area contributed by atoms with Gasteiger partial charge < -0.3 is 24.5 Å². The van der Waals surface area contributed by atoms with Crippen molar-refractivity contribution in [2.24, 2.45) is 0 Å². The molecule has 0 spiro atoms. The highest BCUT2D eigenvalue weighted by Gasteiger charge is 2.29. The molecule has 1 aliphatic carbocycles. The highest BCUT2D eigenvalue weighted by Crippen LogP contribution is 2.45. The summed E-state index contributed by atoms with van der Waals surface area (Å²) in [6.45, 7) is 1.44. The highest BCUT2D eigenvalue weighted by molar-refractivity contribution is 7.20. The molecule has 2 N–H and O–H groups in total. The van der Waals surface area contributed by atoms with Crippen LogP contribution in [0.2, 0.25) is 0 Å². The molecule has 1 aliphatic rings. The molecule has 0 atom stereocenters. The van der Waals surface area contributed by atoms with E-state index in [1.165, 1.54) is 16.9 Å². The summed E-state index contributed by atoms with van der Waals surface area (Å²) in [6.07, 6.45) is 1.46. The van der Waals surface area contributed by atoms with E-state index < -0.39 is 24.5 Å². The Labute approximate surface area is 245 Å². The van der Waals surface area contributed by atoms with E-state index in [4.69, 9.17) is 14.2 Å². The number of imidazole rings is 1. The average Bonchev–Trinajstić information content (AvgIpc) is 3.61. The van der Waals surface area contributed by atoms with Crippen LogP contribution >= 0.6 is 11.3 Å². The van der Waals surface area contributed by atoms with Gasteiger partial charge in [0.1, 0.15) is 16.6 Å². The molecule has 9 nitrogen and oxygen atoms in total. The van der Waals surface area contributed by atoms with Crippen molar-refractivity contribution in [2.75, 3.05) is 25.6 Å². The number of amides is 1. The number of aromatic amines is 1. The molecule has 2 heterocycles. The molecule has 0 radical (unpaired) electrons. The third kappa shape index (κ3) is 5.24. The van der Waals surface area contributed by atoms with E-state index in [1.54, 1.807) is 32.2 Å². The minimum atomic E-state index is -0.655. The van der Waals surface area contributed by atoms with Crippen LogP contribution in [0.1, 0.15) is 38.8 Å². The zero-order chi connectivity index (χ0) is 29.2. The minimum Gasteiger partial charge on any atom is -0.497 e. The number of ether oxygens (including phenoxy) is 3. The van der Waals surface area contributed by atoms with Crippen molar-refractivity contribution >= 4 is 45.2 Å². The predicted molar refractivity (Wildman–Crippen MR) is 160 cm³/mol. The minimum absolute atomic E-state index is 0.216. The number of carbonyl (C=O) groups excluding carboxylic acids is 3. The van der Waals surface area contributed by atoms with E-state index in [1.807, 2.05) is 42.5 Å². The van der Waals surface area contributed by atoms with Gasteiger partial charge in [-0.2, -0.15) is 0 Å². The van der Waals surface area contributed by atoms with Gasteiger partial charge in [0.15, 0.2) is 6.61 Å². The largest absolute Gasteiger partial charge is 0.497 e. The van der Waals surface area contributed by atoms with Crippen molar-refractivity contribution in [2.45, 2.75) is 19.8 Å². The first-order valence-corrected chi connectivity index (χ1v) is 14.3. The Hall–Kier alpha value is -4.96. The van der Waals surface area contributed by atoms with E-state index in [2.05, 4.69) is 21.4 Å². The Kier molecular flexibility index (Phi) is 7.45. The maximum atomic E-state index is 12.9. The molecule has 6 rings (SSSR count). The lowest BCUT2D eigenvalue weighted by Crippen LogP contribution is -2.22. The van der Waals surface area contributed by atoms with Crippen LogP contribution in [0.25, 0.3) is 32.9 Å². The molecular formula is C32H27N3O6S. The number of benzene rings is 3. The summed E-state index contributed by atoms with van der Waals surface area (Å²) < 4.78 is 15.8. The number of hydrogen-bond donors (Lipinski definition) is 2. The summed E-state index contributed by atoms with van der Waals surface area (Å²) in [7, 11) is 1.61. The van der Waals surface area contributed by atoms with E-state index >= 15 is 0 Å². The van der Waals surface area contributed by atoms with Crippen LogP contribution in [0.15, 0.2) is 66.7 Å². The topological polar surface area (TPSA) is 120 Å². The number of esters is 2. The Morgan fingerprint density at radius 3 is 2.57 bits per heavy atom. The zero-order valence-corrected chi connectivity index (χ0v) is 23.8. The monoisotopic (exact) mass is 581 g/mol. The van der Waals surface area contributed by atoms with Crippen LogP contribution in [0.3, 0.4) is 0 Å². The first kappa shape index (κ1) is 27.2. The molecule has 10 heteroatoms. The molecule has 0 saturated carbocycles. The lowest BCUT2D eigenvalue weighted by atomic mass is 9.89. The Balaban J connectivity index is 1.16. The van der Waals surface area contributed by atoms with Gasteiger partial charge >= 0.3 is 11.9 Å². The lowest BCUT2D eigenvalue weighted by Gasteiger charge is -2.16. The number of aryl methyl sites for hydroxylation is 1. The van der Waals surface area contributed by atoms with Crippen molar-refractivity contribution in [1.29, 1.82) is 0 Å². The van der Waals surface area contributed by atoms with Gasteiger partial charge in [0.25, 0.3) is 5.91 Å². The Morgan fingerprint density at radius 1 is 0.976 bits per heavy atom. The fourth-order valence-corrected chi connectivity index (χ4v) is 6.36. The average molecular weight is 582 g/mol. The molecule has 3 aromatic carbocycles.